The number of thiophene rings is 1. The number of rotatable bonds is 4. The third kappa shape index (κ3) is 2.80. The van der Waals surface area contributed by atoms with Crippen molar-refractivity contribution in [1.82, 2.24) is 0 Å². The normalized spacial score (nSPS) is 17.4. The van der Waals surface area contributed by atoms with Gasteiger partial charge in [0, 0.05) is 4.88 Å². The van der Waals surface area contributed by atoms with Crippen molar-refractivity contribution in [2.75, 3.05) is 18.9 Å². The number of carbonyl (C=O) groups excluding carboxylic acids is 2. The second kappa shape index (κ2) is 6.26. The van der Waals surface area contributed by atoms with Gasteiger partial charge in [-0.05, 0) is 38.7 Å². The predicted octanol–water partition coefficient (Wildman–Crippen LogP) is 2.17. The largest absolute Gasteiger partial charge is 0.466 e. The summed E-state index contributed by atoms with van der Waals surface area (Å²) in [5.41, 5.74) is 7.25. The van der Waals surface area contributed by atoms with Crippen LogP contribution >= 0.6 is 11.3 Å². The summed E-state index contributed by atoms with van der Waals surface area (Å²) in [6.07, 6.45) is 2.01. The molecule has 1 aliphatic rings. The van der Waals surface area contributed by atoms with Gasteiger partial charge in [0.05, 0.1) is 24.7 Å². The molecule has 0 unspecified atom stereocenters. The van der Waals surface area contributed by atoms with Gasteiger partial charge in [-0.2, -0.15) is 0 Å². The highest BCUT2D eigenvalue weighted by molar-refractivity contribution is 7.16. The lowest BCUT2D eigenvalue weighted by atomic mass is 9.86. The van der Waals surface area contributed by atoms with Crippen LogP contribution in [0.25, 0.3) is 0 Å². The van der Waals surface area contributed by atoms with Gasteiger partial charge in [-0.25, -0.2) is 4.79 Å². The number of anilines is 1. The van der Waals surface area contributed by atoms with Gasteiger partial charge in [0.2, 0.25) is 0 Å². The van der Waals surface area contributed by atoms with E-state index in [1.54, 1.807) is 13.8 Å². The molecule has 6 heteroatoms. The van der Waals surface area contributed by atoms with Gasteiger partial charge in [0.1, 0.15) is 5.00 Å². The molecule has 1 aliphatic carbocycles. The van der Waals surface area contributed by atoms with Crippen LogP contribution in [0.3, 0.4) is 0 Å². The van der Waals surface area contributed by atoms with Gasteiger partial charge in [-0.3, -0.25) is 4.79 Å². The Balaban J connectivity index is 2.25. The first-order valence-electron chi connectivity index (χ1n) is 6.82. The van der Waals surface area contributed by atoms with Crippen LogP contribution in [0.5, 0.6) is 0 Å². The molecular formula is C14H19NO4S. The van der Waals surface area contributed by atoms with Crippen molar-refractivity contribution < 1.29 is 19.1 Å². The third-order valence-corrected chi connectivity index (χ3v) is 4.51. The summed E-state index contributed by atoms with van der Waals surface area (Å²) in [6.45, 7) is 4.23. The minimum absolute atomic E-state index is 0.190. The van der Waals surface area contributed by atoms with E-state index in [0.29, 0.717) is 30.2 Å². The van der Waals surface area contributed by atoms with E-state index in [0.717, 1.165) is 23.3 Å². The first-order valence-corrected chi connectivity index (χ1v) is 7.63. The molecule has 0 amide bonds. The molecule has 1 aromatic heterocycles. The predicted molar refractivity (Wildman–Crippen MR) is 76.8 cm³/mol. The Morgan fingerprint density at radius 3 is 2.65 bits per heavy atom. The molecule has 5 nitrogen and oxygen atoms in total. The Morgan fingerprint density at radius 1 is 1.30 bits per heavy atom. The fourth-order valence-corrected chi connectivity index (χ4v) is 3.60. The minimum atomic E-state index is -0.396. The molecule has 0 fully saturated rings. The van der Waals surface area contributed by atoms with Crippen molar-refractivity contribution in [2.24, 2.45) is 5.92 Å². The molecule has 0 spiro atoms. The fourth-order valence-electron chi connectivity index (χ4n) is 2.49. The Bertz CT molecular complexity index is 523. The van der Waals surface area contributed by atoms with Gasteiger partial charge < -0.3 is 15.2 Å². The number of ether oxygens (including phenoxy) is 2. The maximum absolute atomic E-state index is 12.0. The summed E-state index contributed by atoms with van der Waals surface area (Å²) >= 11 is 1.42. The van der Waals surface area contributed by atoms with E-state index < -0.39 is 5.97 Å². The number of fused-ring (bicyclic) bond motifs is 1. The topological polar surface area (TPSA) is 78.6 Å². The molecule has 0 aliphatic heterocycles. The maximum Gasteiger partial charge on any atom is 0.341 e. The molecule has 0 radical (unpaired) electrons. The van der Waals surface area contributed by atoms with E-state index in [1.165, 1.54) is 11.3 Å². The molecule has 110 valence electrons. The number of hydrogen-bond donors (Lipinski definition) is 1. The summed E-state index contributed by atoms with van der Waals surface area (Å²) in [4.78, 5) is 24.9. The van der Waals surface area contributed by atoms with E-state index >= 15 is 0 Å². The van der Waals surface area contributed by atoms with Crippen LogP contribution in [0, 0.1) is 5.92 Å². The van der Waals surface area contributed by atoms with Gasteiger partial charge >= 0.3 is 11.9 Å². The molecule has 0 saturated heterocycles. The van der Waals surface area contributed by atoms with Crippen LogP contribution in [-0.4, -0.2) is 25.2 Å². The number of aryl methyl sites for hydroxylation is 1. The number of nitrogen functional groups attached to an aromatic ring is 1. The lowest BCUT2D eigenvalue weighted by Gasteiger charge is -2.21. The monoisotopic (exact) mass is 297 g/mol. The first-order chi connectivity index (χ1) is 9.58. The summed E-state index contributed by atoms with van der Waals surface area (Å²) in [6, 6.07) is 0. The molecule has 1 atom stereocenters. The van der Waals surface area contributed by atoms with Crippen LogP contribution in [-0.2, 0) is 27.1 Å². The van der Waals surface area contributed by atoms with E-state index in [9.17, 15) is 9.59 Å². The smallest absolute Gasteiger partial charge is 0.341 e. The lowest BCUT2D eigenvalue weighted by Crippen LogP contribution is -2.25. The van der Waals surface area contributed by atoms with Crippen LogP contribution in [0.1, 0.15) is 41.1 Å². The van der Waals surface area contributed by atoms with Crippen LogP contribution < -0.4 is 5.73 Å². The summed E-state index contributed by atoms with van der Waals surface area (Å²) in [5, 5.41) is 0.484. The zero-order valence-corrected chi connectivity index (χ0v) is 12.5. The molecular weight excluding hydrogens is 278 g/mol. The highest BCUT2D eigenvalue weighted by Gasteiger charge is 2.32. The molecule has 0 bridgehead atoms. The Morgan fingerprint density at radius 2 is 2.00 bits per heavy atom. The van der Waals surface area contributed by atoms with Crippen molar-refractivity contribution in [3.05, 3.63) is 16.0 Å². The Hall–Kier alpha value is -1.56. The molecule has 1 aromatic rings. The van der Waals surface area contributed by atoms with Crippen LogP contribution in [0.15, 0.2) is 0 Å². The SMILES string of the molecule is CCOC(=O)c1c(N)sc2c1C[C@H](C(=O)OCC)CC2. The molecule has 2 N–H and O–H groups in total. The molecule has 20 heavy (non-hydrogen) atoms. The summed E-state index contributed by atoms with van der Waals surface area (Å²) in [7, 11) is 0. The van der Waals surface area contributed by atoms with Gasteiger partial charge in [0.25, 0.3) is 0 Å². The van der Waals surface area contributed by atoms with Crippen molar-refractivity contribution in [3.8, 4) is 0 Å². The van der Waals surface area contributed by atoms with Crippen LogP contribution in [0.2, 0.25) is 0 Å². The zero-order valence-electron chi connectivity index (χ0n) is 11.7. The zero-order chi connectivity index (χ0) is 14.7. The average Bonchev–Trinajstić information content (AvgIpc) is 2.74. The molecule has 0 aromatic carbocycles. The summed E-state index contributed by atoms with van der Waals surface area (Å²) in [5.74, 6) is -0.783. The highest BCUT2D eigenvalue weighted by Crippen LogP contribution is 2.38. The summed E-state index contributed by atoms with van der Waals surface area (Å²) < 4.78 is 10.1. The number of carbonyl (C=O) groups is 2. The van der Waals surface area contributed by atoms with Crippen molar-refractivity contribution in [3.63, 3.8) is 0 Å². The molecule has 1 heterocycles. The first kappa shape index (κ1) is 14.8. The number of hydrogen-bond acceptors (Lipinski definition) is 6. The number of nitrogens with two attached hydrogens (primary N) is 1. The van der Waals surface area contributed by atoms with Crippen LogP contribution in [0.4, 0.5) is 5.00 Å². The van der Waals surface area contributed by atoms with E-state index in [-0.39, 0.29) is 11.9 Å². The lowest BCUT2D eigenvalue weighted by molar-refractivity contribution is -0.148. The van der Waals surface area contributed by atoms with Gasteiger partial charge in [-0.15, -0.1) is 11.3 Å². The standard InChI is InChI=1S/C14H19NO4S/c1-3-18-13(16)8-5-6-10-9(7-8)11(12(15)20-10)14(17)19-4-2/h8H,3-7,15H2,1-2H3/t8-/m1/s1. The Labute approximate surface area is 122 Å². The molecule has 2 rings (SSSR count). The number of esters is 2. The third-order valence-electron chi connectivity index (χ3n) is 3.39. The van der Waals surface area contributed by atoms with E-state index in [4.69, 9.17) is 15.2 Å². The average molecular weight is 297 g/mol. The highest BCUT2D eigenvalue weighted by atomic mass is 32.1. The molecule has 0 saturated carbocycles. The Kier molecular flexibility index (Phi) is 4.65. The van der Waals surface area contributed by atoms with E-state index in [2.05, 4.69) is 0 Å². The van der Waals surface area contributed by atoms with E-state index in [1.807, 2.05) is 0 Å². The minimum Gasteiger partial charge on any atom is -0.466 e. The van der Waals surface area contributed by atoms with Gasteiger partial charge in [-0.1, -0.05) is 0 Å². The maximum atomic E-state index is 12.0. The second-order valence-electron chi connectivity index (χ2n) is 4.66. The van der Waals surface area contributed by atoms with Crippen molar-refractivity contribution in [2.45, 2.75) is 33.1 Å². The fraction of sp³-hybridized carbons (Fsp3) is 0.571. The van der Waals surface area contributed by atoms with Gasteiger partial charge in [0.15, 0.2) is 0 Å². The van der Waals surface area contributed by atoms with Crippen molar-refractivity contribution >= 4 is 28.3 Å². The van der Waals surface area contributed by atoms with Crippen molar-refractivity contribution in [1.29, 1.82) is 0 Å². The quantitative estimate of drug-likeness (QED) is 0.862. The second-order valence-corrected chi connectivity index (χ2v) is 5.79.